The Bertz CT molecular complexity index is 534. The summed E-state index contributed by atoms with van der Waals surface area (Å²) in [6.45, 7) is 5.51. The largest absolute Gasteiger partial charge is 0.493 e. The van der Waals surface area contributed by atoms with Crippen molar-refractivity contribution in [3.63, 3.8) is 0 Å². The molecule has 1 unspecified atom stereocenters. The van der Waals surface area contributed by atoms with Crippen LogP contribution in [0.2, 0.25) is 0 Å². The van der Waals surface area contributed by atoms with Crippen LogP contribution >= 0.6 is 11.8 Å². The van der Waals surface area contributed by atoms with Crippen molar-refractivity contribution in [2.24, 2.45) is 0 Å². The zero-order chi connectivity index (χ0) is 17.5. The van der Waals surface area contributed by atoms with E-state index in [2.05, 4.69) is 4.90 Å². The summed E-state index contributed by atoms with van der Waals surface area (Å²) in [5.74, 6) is 3.65. The molecule has 1 aromatic rings. The minimum atomic E-state index is -0.495. The zero-order valence-corrected chi connectivity index (χ0v) is 15.7. The molecular weight excluding hydrogens is 340 g/mol. The maximum Gasteiger partial charge on any atom is 0.161 e. The molecule has 0 aliphatic carbocycles. The molecule has 3 rings (SSSR count). The fourth-order valence-corrected chi connectivity index (χ4v) is 4.06. The highest BCUT2D eigenvalue weighted by Crippen LogP contribution is 2.29. The Balaban J connectivity index is 1.50. The second-order valence-corrected chi connectivity index (χ2v) is 7.64. The summed E-state index contributed by atoms with van der Waals surface area (Å²) in [7, 11) is 1.64. The normalized spacial score (nSPS) is 20.6. The predicted octanol–water partition coefficient (Wildman–Crippen LogP) is 1.62. The van der Waals surface area contributed by atoms with Crippen LogP contribution in [-0.2, 0) is 11.4 Å². The van der Waals surface area contributed by atoms with Crippen molar-refractivity contribution >= 4 is 11.8 Å². The van der Waals surface area contributed by atoms with Crippen LogP contribution in [0.15, 0.2) is 18.2 Å². The van der Waals surface area contributed by atoms with E-state index >= 15 is 0 Å². The van der Waals surface area contributed by atoms with Gasteiger partial charge in [-0.3, -0.25) is 9.74 Å². The van der Waals surface area contributed by atoms with Gasteiger partial charge >= 0.3 is 0 Å². The molecule has 0 aromatic heterocycles. The van der Waals surface area contributed by atoms with Gasteiger partial charge in [0, 0.05) is 44.2 Å². The number of hydrogen-bond donors (Lipinski definition) is 1. The van der Waals surface area contributed by atoms with Crippen molar-refractivity contribution < 1.29 is 19.4 Å². The van der Waals surface area contributed by atoms with Crippen molar-refractivity contribution in [1.29, 1.82) is 0 Å². The van der Waals surface area contributed by atoms with Gasteiger partial charge in [0.2, 0.25) is 0 Å². The molecule has 1 aromatic carbocycles. The van der Waals surface area contributed by atoms with Crippen molar-refractivity contribution in [1.82, 2.24) is 9.96 Å². The second kappa shape index (κ2) is 9.64. The van der Waals surface area contributed by atoms with E-state index in [-0.39, 0.29) is 6.61 Å². The Morgan fingerprint density at radius 3 is 2.80 bits per heavy atom. The van der Waals surface area contributed by atoms with E-state index in [9.17, 15) is 5.11 Å². The fourth-order valence-electron chi connectivity index (χ4n) is 3.08. The van der Waals surface area contributed by atoms with Gasteiger partial charge in [-0.15, -0.1) is 0 Å². The van der Waals surface area contributed by atoms with Crippen molar-refractivity contribution in [3.05, 3.63) is 23.8 Å². The minimum Gasteiger partial charge on any atom is -0.493 e. The summed E-state index contributed by atoms with van der Waals surface area (Å²) in [4.78, 5) is 7.83. The minimum absolute atomic E-state index is 0.272. The number of hydroxylamine groups is 2. The summed E-state index contributed by atoms with van der Waals surface area (Å²) in [6.07, 6.45) is 0.580. The standard InChI is InChI=1S/C18H28N2O4S/c1-22-18-11-15(12-20-5-2-8-24-20)3-4-17(18)23-14-16(21)13-19-6-9-25-10-7-19/h3-4,11,16,21H,2,5-10,12-14H2,1H3. The molecule has 1 N–H and O–H groups in total. The van der Waals surface area contributed by atoms with Crippen LogP contribution in [0.4, 0.5) is 0 Å². The molecule has 140 valence electrons. The third-order valence-electron chi connectivity index (χ3n) is 4.42. The Morgan fingerprint density at radius 2 is 2.08 bits per heavy atom. The van der Waals surface area contributed by atoms with Crippen LogP contribution in [0.1, 0.15) is 12.0 Å². The molecule has 2 heterocycles. The van der Waals surface area contributed by atoms with Gasteiger partial charge < -0.3 is 14.6 Å². The number of aliphatic hydroxyl groups is 1. The highest BCUT2D eigenvalue weighted by atomic mass is 32.2. The number of β-amino-alcohol motifs (C(OH)–C–C–N with tert-alkyl or cyclic N) is 1. The molecule has 0 bridgehead atoms. The molecule has 2 aliphatic rings. The maximum atomic E-state index is 10.2. The molecule has 7 heteroatoms. The SMILES string of the molecule is COc1cc(CN2CCCO2)ccc1OCC(O)CN1CCSCC1. The first-order chi connectivity index (χ1) is 12.2. The van der Waals surface area contributed by atoms with E-state index in [1.54, 1.807) is 7.11 Å². The van der Waals surface area contributed by atoms with Crippen LogP contribution in [0.3, 0.4) is 0 Å². The van der Waals surface area contributed by atoms with Gasteiger partial charge in [0.15, 0.2) is 11.5 Å². The molecule has 25 heavy (non-hydrogen) atoms. The summed E-state index contributed by atoms with van der Waals surface area (Å²) < 4.78 is 11.3. The van der Waals surface area contributed by atoms with E-state index in [0.717, 1.165) is 56.3 Å². The molecule has 0 saturated carbocycles. The maximum absolute atomic E-state index is 10.2. The van der Waals surface area contributed by atoms with E-state index in [1.807, 2.05) is 35.0 Å². The van der Waals surface area contributed by atoms with Crippen LogP contribution in [0.5, 0.6) is 11.5 Å². The van der Waals surface area contributed by atoms with E-state index in [4.69, 9.17) is 14.3 Å². The van der Waals surface area contributed by atoms with Crippen LogP contribution in [0, 0.1) is 0 Å². The molecule has 0 amide bonds. The van der Waals surface area contributed by atoms with Crippen molar-refractivity contribution in [2.45, 2.75) is 19.1 Å². The lowest BCUT2D eigenvalue weighted by atomic mass is 10.2. The first kappa shape index (κ1) is 18.8. The smallest absolute Gasteiger partial charge is 0.161 e. The Labute approximate surface area is 154 Å². The van der Waals surface area contributed by atoms with E-state index in [1.165, 1.54) is 0 Å². The Kier molecular flexibility index (Phi) is 7.24. The third-order valence-corrected chi connectivity index (χ3v) is 5.36. The number of aliphatic hydroxyl groups excluding tert-OH is 1. The van der Waals surface area contributed by atoms with Crippen molar-refractivity contribution in [3.8, 4) is 11.5 Å². The average Bonchev–Trinajstić information content (AvgIpc) is 3.14. The first-order valence-corrected chi connectivity index (χ1v) is 10.1. The summed E-state index contributed by atoms with van der Waals surface area (Å²) in [5, 5.41) is 12.2. The van der Waals surface area contributed by atoms with Gasteiger partial charge in [-0.1, -0.05) is 6.07 Å². The van der Waals surface area contributed by atoms with Gasteiger partial charge in [0.1, 0.15) is 12.7 Å². The molecule has 0 radical (unpaired) electrons. The number of ether oxygens (including phenoxy) is 2. The summed E-state index contributed by atoms with van der Waals surface area (Å²) in [6, 6.07) is 5.91. The fraction of sp³-hybridized carbons (Fsp3) is 0.667. The first-order valence-electron chi connectivity index (χ1n) is 8.90. The third kappa shape index (κ3) is 5.76. The second-order valence-electron chi connectivity index (χ2n) is 6.41. The zero-order valence-electron chi connectivity index (χ0n) is 14.9. The van der Waals surface area contributed by atoms with Gasteiger partial charge in [-0.25, -0.2) is 0 Å². The number of nitrogens with zero attached hydrogens (tertiary/aromatic N) is 2. The molecule has 0 spiro atoms. The highest BCUT2D eigenvalue weighted by molar-refractivity contribution is 7.99. The highest BCUT2D eigenvalue weighted by Gasteiger charge is 2.17. The number of thioether (sulfide) groups is 1. The number of rotatable bonds is 8. The van der Waals surface area contributed by atoms with Gasteiger partial charge in [0.05, 0.1) is 13.7 Å². The topological polar surface area (TPSA) is 54.4 Å². The molecule has 1 atom stereocenters. The average molecular weight is 368 g/mol. The molecule has 2 saturated heterocycles. The van der Waals surface area contributed by atoms with Crippen LogP contribution in [0.25, 0.3) is 0 Å². The molecular formula is C18H28N2O4S. The van der Waals surface area contributed by atoms with Crippen molar-refractivity contribution in [2.75, 3.05) is 58.0 Å². The summed E-state index contributed by atoms with van der Waals surface area (Å²) in [5.41, 5.74) is 1.12. The van der Waals surface area contributed by atoms with Gasteiger partial charge in [0.25, 0.3) is 0 Å². The summed E-state index contributed by atoms with van der Waals surface area (Å²) >= 11 is 1.97. The van der Waals surface area contributed by atoms with Gasteiger partial charge in [-0.05, 0) is 24.1 Å². The lowest BCUT2D eigenvalue weighted by Crippen LogP contribution is -2.40. The Hall–Kier alpha value is -0.990. The van der Waals surface area contributed by atoms with Gasteiger partial charge in [-0.2, -0.15) is 16.8 Å². The van der Waals surface area contributed by atoms with Crippen LogP contribution in [-0.4, -0.2) is 79.2 Å². The van der Waals surface area contributed by atoms with E-state index < -0.39 is 6.10 Å². The Morgan fingerprint density at radius 1 is 1.24 bits per heavy atom. The quantitative estimate of drug-likeness (QED) is 0.748. The lowest BCUT2D eigenvalue weighted by Gasteiger charge is -2.28. The number of methoxy groups -OCH3 is 1. The number of benzene rings is 1. The monoisotopic (exact) mass is 368 g/mol. The molecule has 2 fully saturated rings. The molecule has 2 aliphatic heterocycles. The molecule has 6 nitrogen and oxygen atoms in total. The number of hydrogen-bond acceptors (Lipinski definition) is 7. The van der Waals surface area contributed by atoms with E-state index in [0.29, 0.717) is 18.0 Å². The van der Waals surface area contributed by atoms with Crippen LogP contribution < -0.4 is 9.47 Å². The lowest BCUT2D eigenvalue weighted by molar-refractivity contribution is -0.117. The predicted molar refractivity (Wildman–Crippen MR) is 99.2 cm³/mol.